The van der Waals surface area contributed by atoms with Crippen LogP contribution in [0.25, 0.3) is 0 Å². The Morgan fingerprint density at radius 3 is 1.44 bits per heavy atom. The molecular formula is C14H28N2O2. The lowest BCUT2D eigenvalue weighted by molar-refractivity contribution is -0.127. The Bertz CT molecular complexity index is 228. The summed E-state index contributed by atoms with van der Waals surface area (Å²) in [5.41, 5.74) is 0. The standard InChI is InChI=1S/C14H28N2O2/c1-5-7-11(3)15-13(17)9-10-14(18)16-12(4)8-6-2/h11-12H,5-10H2,1-4H3,(H,15,17)(H,16,18)/t11-,12+. The fourth-order valence-electron chi connectivity index (χ4n) is 1.93. The molecule has 2 atom stereocenters. The van der Waals surface area contributed by atoms with Crippen LogP contribution in [0.4, 0.5) is 0 Å². The molecule has 0 fully saturated rings. The van der Waals surface area contributed by atoms with E-state index < -0.39 is 0 Å². The highest BCUT2D eigenvalue weighted by Crippen LogP contribution is 1.99. The largest absolute Gasteiger partial charge is 0.354 e. The fraction of sp³-hybridized carbons (Fsp3) is 0.857. The van der Waals surface area contributed by atoms with Crippen molar-refractivity contribution >= 4 is 11.8 Å². The van der Waals surface area contributed by atoms with E-state index in [2.05, 4.69) is 24.5 Å². The molecule has 18 heavy (non-hydrogen) atoms. The summed E-state index contributed by atoms with van der Waals surface area (Å²) < 4.78 is 0. The summed E-state index contributed by atoms with van der Waals surface area (Å²) in [5.74, 6) is -0.0662. The molecule has 2 N–H and O–H groups in total. The second-order valence-electron chi connectivity index (χ2n) is 5.01. The van der Waals surface area contributed by atoms with Gasteiger partial charge in [0.1, 0.15) is 0 Å². The molecule has 0 unspecified atom stereocenters. The maximum Gasteiger partial charge on any atom is 0.220 e. The number of hydrogen-bond acceptors (Lipinski definition) is 2. The van der Waals surface area contributed by atoms with E-state index in [0.29, 0.717) is 0 Å². The van der Waals surface area contributed by atoms with Crippen molar-refractivity contribution in [1.29, 1.82) is 0 Å². The monoisotopic (exact) mass is 256 g/mol. The van der Waals surface area contributed by atoms with E-state index in [-0.39, 0.29) is 36.7 Å². The number of carbonyl (C=O) groups is 2. The molecule has 0 aromatic carbocycles. The van der Waals surface area contributed by atoms with E-state index >= 15 is 0 Å². The summed E-state index contributed by atoms with van der Waals surface area (Å²) in [7, 11) is 0. The topological polar surface area (TPSA) is 58.2 Å². The van der Waals surface area contributed by atoms with Crippen molar-refractivity contribution in [2.24, 2.45) is 0 Å². The van der Waals surface area contributed by atoms with Crippen LogP contribution in [0.3, 0.4) is 0 Å². The Morgan fingerprint density at radius 2 is 1.17 bits per heavy atom. The average Bonchev–Trinajstić information content (AvgIpc) is 2.27. The molecule has 0 spiro atoms. The van der Waals surface area contributed by atoms with Crippen LogP contribution < -0.4 is 10.6 Å². The maximum atomic E-state index is 11.6. The number of carbonyl (C=O) groups excluding carboxylic acids is 2. The van der Waals surface area contributed by atoms with Crippen LogP contribution in [-0.2, 0) is 9.59 Å². The van der Waals surface area contributed by atoms with E-state index in [1.165, 1.54) is 0 Å². The zero-order valence-electron chi connectivity index (χ0n) is 12.2. The molecule has 0 saturated carbocycles. The first-order valence-electron chi connectivity index (χ1n) is 7.08. The van der Waals surface area contributed by atoms with Gasteiger partial charge in [-0.2, -0.15) is 0 Å². The lowest BCUT2D eigenvalue weighted by atomic mass is 10.1. The van der Waals surface area contributed by atoms with E-state index in [4.69, 9.17) is 0 Å². The molecule has 0 rings (SSSR count). The summed E-state index contributed by atoms with van der Waals surface area (Å²) in [6.07, 6.45) is 4.61. The van der Waals surface area contributed by atoms with Crippen LogP contribution >= 0.6 is 0 Å². The lowest BCUT2D eigenvalue weighted by Crippen LogP contribution is -2.35. The second kappa shape index (κ2) is 9.92. The molecular weight excluding hydrogens is 228 g/mol. The highest BCUT2D eigenvalue weighted by Gasteiger charge is 2.10. The molecule has 0 aromatic rings. The van der Waals surface area contributed by atoms with Crippen molar-refractivity contribution in [2.75, 3.05) is 0 Å². The van der Waals surface area contributed by atoms with Gasteiger partial charge < -0.3 is 10.6 Å². The van der Waals surface area contributed by atoms with Crippen LogP contribution in [-0.4, -0.2) is 23.9 Å². The molecule has 0 heterocycles. The van der Waals surface area contributed by atoms with Crippen LogP contribution in [0.1, 0.15) is 66.2 Å². The quantitative estimate of drug-likeness (QED) is 0.665. The van der Waals surface area contributed by atoms with Gasteiger partial charge in [0, 0.05) is 24.9 Å². The number of nitrogens with one attached hydrogen (secondary N) is 2. The highest BCUT2D eigenvalue weighted by atomic mass is 16.2. The zero-order valence-corrected chi connectivity index (χ0v) is 12.2. The molecule has 2 amide bonds. The van der Waals surface area contributed by atoms with Gasteiger partial charge in [-0.15, -0.1) is 0 Å². The third-order valence-corrected chi connectivity index (χ3v) is 2.84. The van der Waals surface area contributed by atoms with Crippen LogP contribution in [0.2, 0.25) is 0 Å². The van der Waals surface area contributed by atoms with Crippen LogP contribution in [0.15, 0.2) is 0 Å². The Hall–Kier alpha value is -1.06. The van der Waals surface area contributed by atoms with E-state index in [1.807, 2.05) is 13.8 Å². The lowest BCUT2D eigenvalue weighted by Gasteiger charge is -2.14. The molecule has 0 aromatic heterocycles. The molecule has 0 aliphatic heterocycles. The minimum Gasteiger partial charge on any atom is -0.354 e. The summed E-state index contributed by atoms with van der Waals surface area (Å²) in [6.45, 7) is 8.16. The summed E-state index contributed by atoms with van der Waals surface area (Å²) >= 11 is 0. The summed E-state index contributed by atoms with van der Waals surface area (Å²) in [4.78, 5) is 23.1. The fourth-order valence-corrected chi connectivity index (χ4v) is 1.93. The van der Waals surface area contributed by atoms with Crippen LogP contribution in [0.5, 0.6) is 0 Å². The Labute approximate surface area is 111 Å². The first kappa shape index (κ1) is 16.9. The highest BCUT2D eigenvalue weighted by molar-refractivity contribution is 5.83. The molecule has 0 radical (unpaired) electrons. The Morgan fingerprint density at radius 1 is 0.833 bits per heavy atom. The predicted octanol–water partition coefficient (Wildman–Crippen LogP) is 2.38. The van der Waals surface area contributed by atoms with E-state index in [1.54, 1.807) is 0 Å². The Kier molecular flexibility index (Phi) is 9.33. The van der Waals surface area contributed by atoms with Gasteiger partial charge in [0.2, 0.25) is 11.8 Å². The number of rotatable bonds is 9. The normalized spacial score (nSPS) is 13.8. The molecule has 0 aliphatic rings. The molecule has 106 valence electrons. The maximum absolute atomic E-state index is 11.6. The summed E-state index contributed by atoms with van der Waals surface area (Å²) in [6, 6.07) is 0.397. The van der Waals surface area contributed by atoms with Crippen molar-refractivity contribution in [3.63, 3.8) is 0 Å². The predicted molar refractivity (Wildman–Crippen MR) is 74.3 cm³/mol. The minimum atomic E-state index is -0.0331. The van der Waals surface area contributed by atoms with E-state index in [0.717, 1.165) is 25.7 Å². The smallest absolute Gasteiger partial charge is 0.220 e. The van der Waals surface area contributed by atoms with Gasteiger partial charge in [-0.05, 0) is 26.7 Å². The van der Waals surface area contributed by atoms with Gasteiger partial charge in [-0.3, -0.25) is 9.59 Å². The molecule has 4 heteroatoms. The van der Waals surface area contributed by atoms with Gasteiger partial charge in [-0.25, -0.2) is 0 Å². The molecule has 0 bridgehead atoms. The van der Waals surface area contributed by atoms with Gasteiger partial charge in [0.25, 0.3) is 0 Å². The first-order valence-corrected chi connectivity index (χ1v) is 7.08. The SMILES string of the molecule is CCC[C@@H](C)NC(=O)CCC(=O)N[C@@H](C)CCC. The van der Waals surface area contributed by atoms with Crippen LogP contribution in [0, 0.1) is 0 Å². The third-order valence-electron chi connectivity index (χ3n) is 2.84. The summed E-state index contributed by atoms with van der Waals surface area (Å²) in [5, 5.41) is 5.79. The zero-order chi connectivity index (χ0) is 14.0. The van der Waals surface area contributed by atoms with Crippen molar-refractivity contribution in [3.05, 3.63) is 0 Å². The Balaban J connectivity index is 3.74. The molecule has 0 saturated heterocycles. The number of hydrogen-bond donors (Lipinski definition) is 2. The van der Waals surface area contributed by atoms with Crippen molar-refractivity contribution in [2.45, 2.75) is 78.3 Å². The van der Waals surface area contributed by atoms with Gasteiger partial charge in [0.15, 0.2) is 0 Å². The van der Waals surface area contributed by atoms with Crippen molar-refractivity contribution in [1.82, 2.24) is 10.6 Å². The third kappa shape index (κ3) is 9.02. The minimum absolute atomic E-state index is 0.0331. The second-order valence-corrected chi connectivity index (χ2v) is 5.01. The average molecular weight is 256 g/mol. The van der Waals surface area contributed by atoms with Gasteiger partial charge in [0.05, 0.1) is 0 Å². The van der Waals surface area contributed by atoms with Gasteiger partial charge in [-0.1, -0.05) is 26.7 Å². The van der Waals surface area contributed by atoms with Gasteiger partial charge >= 0.3 is 0 Å². The van der Waals surface area contributed by atoms with Crippen molar-refractivity contribution < 1.29 is 9.59 Å². The van der Waals surface area contributed by atoms with Crippen molar-refractivity contribution in [3.8, 4) is 0 Å². The molecule has 0 aliphatic carbocycles. The van der Waals surface area contributed by atoms with E-state index in [9.17, 15) is 9.59 Å². The molecule has 4 nitrogen and oxygen atoms in total. The number of amides is 2. The first-order chi connectivity index (χ1) is 8.49.